The Morgan fingerprint density at radius 3 is 2.48 bits per heavy atom. The Morgan fingerprint density at radius 2 is 1.88 bits per heavy atom. The SMILES string of the molecule is CCC(C#N)n1c(=O)c2ccc(OC)cc2n(-c2ccccc2)c1=O. The molecule has 6 heteroatoms. The van der Waals surface area contributed by atoms with Gasteiger partial charge < -0.3 is 4.74 Å². The van der Waals surface area contributed by atoms with Crippen LogP contribution in [0.1, 0.15) is 19.4 Å². The van der Waals surface area contributed by atoms with E-state index >= 15 is 0 Å². The fourth-order valence-electron chi connectivity index (χ4n) is 2.86. The van der Waals surface area contributed by atoms with E-state index < -0.39 is 17.3 Å². The monoisotopic (exact) mass is 335 g/mol. The van der Waals surface area contributed by atoms with Gasteiger partial charge in [-0.05, 0) is 30.7 Å². The standard InChI is InChI=1S/C19H17N3O3/c1-3-13(12-20)22-18(23)16-10-9-15(25-2)11-17(16)21(19(22)24)14-7-5-4-6-8-14/h4-11,13H,3H2,1-2H3. The fourth-order valence-corrected chi connectivity index (χ4v) is 2.86. The van der Waals surface area contributed by atoms with Crippen LogP contribution in [0.15, 0.2) is 58.1 Å². The number of hydrogen-bond acceptors (Lipinski definition) is 4. The van der Waals surface area contributed by atoms with Crippen LogP contribution in [0.25, 0.3) is 16.6 Å². The van der Waals surface area contributed by atoms with Gasteiger partial charge in [-0.3, -0.25) is 9.36 Å². The number of benzene rings is 2. The van der Waals surface area contributed by atoms with Crippen LogP contribution in [0, 0.1) is 11.3 Å². The third kappa shape index (κ3) is 2.70. The smallest absolute Gasteiger partial charge is 0.337 e. The highest BCUT2D eigenvalue weighted by Crippen LogP contribution is 2.20. The van der Waals surface area contributed by atoms with E-state index in [4.69, 9.17) is 4.74 Å². The minimum Gasteiger partial charge on any atom is -0.497 e. The molecule has 1 atom stereocenters. The lowest BCUT2D eigenvalue weighted by Gasteiger charge is -2.17. The van der Waals surface area contributed by atoms with Crippen molar-refractivity contribution in [3.8, 4) is 17.5 Å². The highest BCUT2D eigenvalue weighted by molar-refractivity contribution is 5.81. The molecular weight excluding hydrogens is 318 g/mol. The molecule has 25 heavy (non-hydrogen) atoms. The lowest BCUT2D eigenvalue weighted by atomic mass is 10.2. The van der Waals surface area contributed by atoms with Gasteiger partial charge in [0.05, 0.1) is 29.8 Å². The number of aromatic nitrogens is 2. The van der Waals surface area contributed by atoms with Gasteiger partial charge in [0.2, 0.25) is 0 Å². The molecule has 0 aliphatic rings. The van der Waals surface area contributed by atoms with E-state index in [1.165, 1.54) is 11.7 Å². The van der Waals surface area contributed by atoms with Gasteiger partial charge >= 0.3 is 5.69 Å². The van der Waals surface area contributed by atoms with Crippen LogP contribution in [-0.4, -0.2) is 16.2 Å². The molecule has 0 radical (unpaired) electrons. The van der Waals surface area contributed by atoms with Crippen LogP contribution in [-0.2, 0) is 0 Å². The number of nitriles is 1. The first kappa shape index (κ1) is 16.5. The molecule has 1 aromatic heterocycles. The second-order valence-electron chi connectivity index (χ2n) is 5.56. The first-order chi connectivity index (χ1) is 12.1. The van der Waals surface area contributed by atoms with Crippen molar-refractivity contribution in [1.29, 1.82) is 5.26 Å². The lowest BCUT2D eigenvalue weighted by molar-refractivity contribution is 0.415. The molecule has 1 unspecified atom stereocenters. The Hall–Kier alpha value is -3.33. The van der Waals surface area contributed by atoms with Crippen molar-refractivity contribution in [2.24, 2.45) is 0 Å². The van der Waals surface area contributed by atoms with Gasteiger partial charge in [0.15, 0.2) is 0 Å². The van der Waals surface area contributed by atoms with Crippen molar-refractivity contribution < 1.29 is 4.74 Å². The number of methoxy groups -OCH3 is 1. The van der Waals surface area contributed by atoms with Gasteiger partial charge in [-0.25, -0.2) is 9.36 Å². The van der Waals surface area contributed by atoms with Gasteiger partial charge in [0.25, 0.3) is 5.56 Å². The minimum absolute atomic E-state index is 0.359. The molecule has 126 valence electrons. The molecule has 0 bridgehead atoms. The molecule has 0 saturated heterocycles. The maximum Gasteiger partial charge on any atom is 0.337 e. The van der Waals surface area contributed by atoms with Crippen LogP contribution in [0.4, 0.5) is 0 Å². The van der Waals surface area contributed by atoms with Crippen LogP contribution >= 0.6 is 0 Å². The quantitative estimate of drug-likeness (QED) is 0.734. The Kier molecular flexibility index (Phi) is 4.40. The number of rotatable bonds is 4. The Bertz CT molecular complexity index is 1080. The number of fused-ring (bicyclic) bond motifs is 1. The van der Waals surface area contributed by atoms with Crippen LogP contribution in [0.5, 0.6) is 5.75 Å². The highest BCUT2D eigenvalue weighted by Gasteiger charge is 2.20. The molecule has 0 fully saturated rings. The normalized spacial score (nSPS) is 11.9. The molecule has 2 aromatic carbocycles. The van der Waals surface area contributed by atoms with Gasteiger partial charge in [0.1, 0.15) is 11.8 Å². The van der Waals surface area contributed by atoms with Gasteiger partial charge in [-0.1, -0.05) is 25.1 Å². The summed E-state index contributed by atoms with van der Waals surface area (Å²) in [4.78, 5) is 25.9. The second-order valence-corrected chi connectivity index (χ2v) is 5.56. The molecule has 3 rings (SSSR count). The summed E-state index contributed by atoms with van der Waals surface area (Å²) in [6, 6.07) is 15.2. The Labute approximate surface area is 144 Å². The maximum atomic E-state index is 13.1. The van der Waals surface area contributed by atoms with Crippen LogP contribution in [0.3, 0.4) is 0 Å². The molecule has 0 saturated carbocycles. The molecular formula is C19H17N3O3. The topological polar surface area (TPSA) is 77.0 Å². The van der Waals surface area contributed by atoms with Crippen molar-refractivity contribution in [2.75, 3.05) is 7.11 Å². The van der Waals surface area contributed by atoms with E-state index in [0.717, 1.165) is 4.57 Å². The maximum absolute atomic E-state index is 13.1. The number of nitrogens with zero attached hydrogens (tertiary/aromatic N) is 3. The number of hydrogen-bond donors (Lipinski definition) is 0. The summed E-state index contributed by atoms with van der Waals surface area (Å²) in [5.74, 6) is 0.543. The Morgan fingerprint density at radius 1 is 1.16 bits per heavy atom. The number of para-hydroxylation sites is 1. The molecule has 3 aromatic rings. The van der Waals surface area contributed by atoms with Crippen molar-refractivity contribution in [2.45, 2.75) is 19.4 Å². The summed E-state index contributed by atoms with van der Waals surface area (Å²) in [7, 11) is 1.52. The fraction of sp³-hybridized carbons (Fsp3) is 0.211. The molecule has 0 spiro atoms. The van der Waals surface area contributed by atoms with Crippen molar-refractivity contribution >= 4 is 10.9 Å². The zero-order valence-electron chi connectivity index (χ0n) is 14.0. The van der Waals surface area contributed by atoms with Crippen molar-refractivity contribution in [1.82, 2.24) is 9.13 Å². The summed E-state index contributed by atoms with van der Waals surface area (Å²) in [6.45, 7) is 1.77. The molecule has 0 amide bonds. The van der Waals surface area contributed by atoms with E-state index in [2.05, 4.69) is 0 Å². The van der Waals surface area contributed by atoms with E-state index in [9.17, 15) is 14.9 Å². The van der Waals surface area contributed by atoms with E-state index in [0.29, 0.717) is 28.8 Å². The lowest BCUT2D eigenvalue weighted by Crippen LogP contribution is -2.41. The van der Waals surface area contributed by atoms with Gasteiger partial charge in [-0.2, -0.15) is 5.26 Å². The van der Waals surface area contributed by atoms with E-state index in [1.807, 2.05) is 24.3 Å². The summed E-state index contributed by atoms with van der Waals surface area (Å²) >= 11 is 0. The first-order valence-electron chi connectivity index (χ1n) is 7.92. The molecule has 1 heterocycles. The van der Waals surface area contributed by atoms with Gasteiger partial charge in [-0.15, -0.1) is 0 Å². The van der Waals surface area contributed by atoms with Crippen LogP contribution < -0.4 is 16.0 Å². The zero-order chi connectivity index (χ0) is 18.0. The van der Waals surface area contributed by atoms with Crippen molar-refractivity contribution in [3.05, 3.63) is 69.4 Å². The number of ether oxygens (including phenoxy) is 1. The highest BCUT2D eigenvalue weighted by atomic mass is 16.5. The molecule has 0 aliphatic carbocycles. The van der Waals surface area contributed by atoms with Gasteiger partial charge in [0, 0.05) is 6.07 Å². The van der Waals surface area contributed by atoms with Crippen molar-refractivity contribution in [3.63, 3.8) is 0 Å². The molecule has 0 N–H and O–H groups in total. The largest absolute Gasteiger partial charge is 0.497 e. The predicted octanol–water partition coefficient (Wildman–Crippen LogP) is 2.64. The summed E-state index contributed by atoms with van der Waals surface area (Å²) in [5, 5.41) is 9.73. The summed E-state index contributed by atoms with van der Waals surface area (Å²) < 4.78 is 7.71. The van der Waals surface area contributed by atoms with E-state index in [1.54, 1.807) is 37.3 Å². The summed E-state index contributed by atoms with van der Waals surface area (Å²) in [5.41, 5.74) is 0.0606. The minimum atomic E-state index is -0.818. The average Bonchev–Trinajstić information content (AvgIpc) is 2.65. The van der Waals surface area contributed by atoms with E-state index in [-0.39, 0.29) is 0 Å². The zero-order valence-corrected chi connectivity index (χ0v) is 14.0. The molecule has 0 aliphatic heterocycles. The van der Waals surface area contributed by atoms with Crippen LogP contribution in [0.2, 0.25) is 0 Å². The molecule has 6 nitrogen and oxygen atoms in total. The second kappa shape index (κ2) is 6.65. The third-order valence-electron chi connectivity index (χ3n) is 4.15. The predicted molar refractivity (Wildman–Crippen MR) is 95.3 cm³/mol. The summed E-state index contributed by atoms with van der Waals surface area (Å²) in [6.07, 6.45) is 0.363. The average molecular weight is 335 g/mol. The Balaban J connectivity index is 2.52. The first-order valence-corrected chi connectivity index (χ1v) is 7.92. The third-order valence-corrected chi connectivity index (χ3v) is 4.15.